The molecule has 0 aliphatic heterocycles. The van der Waals surface area contributed by atoms with Crippen LogP contribution in [0.25, 0.3) is 0 Å². The van der Waals surface area contributed by atoms with Crippen LogP contribution in [0.3, 0.4) is 0 Å². The number of nitrogens with one attached hydrogen (secondary N) is 3. The molecule has 2 aromatic carbocycles. The van der Waals surface area contributed by atoms with Crippen molar-refractivity contribution in [2.24, 2.45) is 0 Å². The number of halogens is 3. The van der Waals surface area contributed by atoms with E-state index in [9.17, 15) is 27.6 Å². The molecule has 0 aliphatic rings. The summed E-state index contributed by atoms with van der Waals surface area (Å²) < 4.78 is 40.1. The van der Waals surface area contributed by atoms with Gasteiger partial charge in [-0.3, -0.25) is 14.4 Å². The average molecular weight is 393 g/mol. The third kappa shape index (κ3) is 6.11. The third-order valence-electron chi connectivity index (χ3n) is 3.60. The highest BCUT2D eigenvalue weighted by atomic mass is 19.1. The lowest BCUT2D eigenvalue weighted by Crippen LogP contribution is -2.26. The molecule has 0 aromatic heterocycles. The Bertz CT molecular complexity index is 903. The van der Waals surface area contributed by atoms with Gasteiger partial charge in [-0.2, -0.15) is 0 Å². The molecular weight excluding hydrogens is 375 g/mol. The van der Waals surface area contributed by atoms with E-state index in [1.54, 1.807) is 0 Å². The van der Waals surface area contributed by atoms with E-state index in [1.165, 1.54) is 19.1 Å². The van der Waals surface area contributed by atoms with Gasteiger partial charge in [-0.25, -0.2) is 13.2 Å². The second-order valence-corrected chi connectivity index (χ2v) is 5.91. The fraction of sp³-hybridized carbons (Fsp3) is 0.211. The highest BCUT2D eigenvalue weighted by Gasteiger charge is 2.13. The Labute approximate surface area is 159 Å². The molecule has 0 saturated heterocycles. The highest BCUT2D eigenvalue weighted by Crippen LogP contribution is 2.20. The van der Waals surface area contributed by atoms with E-state index in [4.69, 9.17) is 0 Å². The van der Waals surface area contributed by atoms with Crippen molar-refractivity contribution in [3.05, 3.63) is 59.4 Å². The van der Waals surface area contributed by atoms with Gasteiger partial charge in [-0.15, -0.1) is 0 Å². The highest BCUT2D eigenvalue weighted by molar-refractivity contribution is 5.95. The van der Waals surface area contributed by atoms with Crippen molar-refractivity contribution in [2.45, 2.75) is 19.8 Å². The number of carbonyl (C=O) groups is 3. The van der Waals surface area contributed by atoms with Gasteiger partial charge >= 0.3 is 0 Å². The number of amides is 3. The number of benzene rings is 2. The second-order valence-electron chi connectivity index (χ2n) is 5.91. The summed E-state index contributed by atoms with van der Waals surface area (Å²) in [6, 6.07) is 6.35. The summed E-state index contributed by atoms with van der Waals surface area (Å²) in [6.45, 7) is 1.37. The van der Waals surface area contributed by atoms with E-state index < -0.39 is 29.3 Å². The van der Waals surface area contributed by atoms with Gasteiger partial charge in [0.2, 0.25) is 11.8 Å². The van der Waals surface area contributed by atoms with Crippen LogP contribution < -0.4 is 16.0 Å². The molecule has 0 fully saturated rings. The van der Waals surface area contributed by atoms with Crippen LogP contribution in [0, 0.1) is 17.5 Å². The molecule has 3 amide bonds. The molecule has 6 nitrogen and oxygen atoms in total. The Morgan fingerprint density at radius 1 is 0.929 bits per heavy atom. The number of rotatable bonds is 7. The van der Waals surface area contributed by atoms with E-state index in [0.717, 1.165) is 18.2 Å². The van der Waals surface area contributed by atoms with Gasteiger partial charge in [0.25, 0.3) is 5.91 Å². The molecule has 0 aliphatic carbocycles. The number of carbonyl (C=O) groups excluding carboxylic acids is 3. The van der Waals surface area contributed by atoms with Gasteiger partial charge in [0.15, 0.2) is 0 Å². The zero-order valence-corrected chi connectivity index (χ0v) is 14.9. The Hall–Kier alpha value is -3.36. The smallest absolute Gasteiger partial charge is 0.254 e. The maximum atomic E-state index is 13.8. The standard InChI is InChI=1S/C19H18F3N3O3/c1-11(26)24-13-5-7-15(21)17(10-13)25-18(27)3-2-8-23-19(28)14-6-4-12(20)9-16(14)22/h4-7,9-10H,2-3,8H2,1H3,(H,23,28)(H,24,26)(H,25,27). The number of hydrogen-bond acceptors (Lipinski definition) is 3. The topological polar surface area (TPSA) is 87.3 Å². The molecule has 0 heterocycles. The summed E-state index contributed by atoms with van der Waals surface area (Å²) in [5.74, 6) is -4.00. The first-order chi connectivity index (χ1) is 13.3. The lowest BCUT2D eigenvalue weighted by Gasteiger charge is -2.10. The molecule has 0 atom stereocenters. The molecule has 2 rings (SSSR count). The van der Waals surface area contributed by atoms with E-state index >= 15 is 0 Å². The molecule has 0 spiro atoms. The average Bonchev–Trinajstić information content (AvgIpc) is 2.61. The first-order valence-electron chi connectivity index (χ1n) is 8.36. The van der Waals surface area contributed by atoms with Crippen LogP contribution in [0.5, 0.6) is 0 Å². The van der Waals surface area contributed by atoms with Crippen LogP contribution >= 0.6 is 0 Å². The summed E-state index contributed by atoms with van der Waals surface area (Å²) in [4.78, 5) is 34.8. The Kier molecular flexibility index (Phi) is 7.14. The predicted octanol–water partition coefficient (Wildman–Crippen LogP) is 3.21. The third-order valence-corrected chi connectivity index (χ3v) is 3.60. The minimum Gasteiger partial charge on any atom is -0.352 e. The zero-order valence-electron chi connectivity index (χ0n) is 14.9. The molecule has 2 aromatic rings. The summed E-state index contributed by atoms with van der Waals surface area (Å²) >= 11 is 0. The summed E-state index contributed by atoms with van der Waals surface area (Å²) in [5.41, 5.74) is -0.0610. The molecular formula is C19H18F3N3O3. The van der Waals surface area contributed by atoms with Crippen molar-refractivity contribution in [2.75, 3.05) is 17.2 Å². The zero-order chi connectivity index (χ0) is 20.7. The minimum atomic E-state index is -0.982. The Balaban J connectivity index is 1.81. The lowest BCUT2D eigenvalue weighted by molar-refractivity contribution is -0.116. The lowest BCUT2D eigenvalue weighted by atomic mass is 10.2. The van der Waals surface area contributed by atoms with E-state index in [0.29, 0.717) is 11.8 Å². The molecule has 3 N–H and O–H groups in total. The van der Waals surface area contributed by atoms with E-state index in [2.05, 4.69) is 16.0 Å². The summed E-state index contributed by atoms with van der Waals surface area (Å²) in [6.07, 6.45) is 0.184. The second kappa shape index (κ2) is 9.54. The molecule has 148 valence electrons. The largest absolute Gasteiger partial charge is 0.352 e. The fourth-order valence-corrected chi connectivity index (χ4v) is 2.33. The van der Waals surface area contributed by atoms with Crippen molar-refractivity contribution >= 4 is 29.1 Å². The monoisotopic (exact) mass is 393 g/mol. The molecule has 9 heteroatoms. The van der Waals surface area contributed by atoms with Gasteiger partial charge in [-0.05, 0) is 36.8 Å². The van der Waals surface area contributed by atoms with Gasteiger partial charge in [-0.1, -0.05) is 0 Å². The predicted molar refractivity (Wildman–Crippen MR) is 97.3 cm³/mol. The summed E-state index contributed by atoms with van der Waals surface area (Å²) in [5, 5.41) is 7.27. The Morgan fingerprint density at radius 3 is 2.36 bits per heavy atom. The van der Waals surface area contributed by atoms with Crippen molar-refractivity contribution in [3.8, 4) is 0 Å². The van der Waals surface area contributed by atoms with Crippen LogP contribution in [0.2, 0.25) is 0 Å². The van der Waals surface area contributed by atoms with Crippen LogP contribution in [0.1, 0.15) is 30.1 Å². The van der Waals surface area contributed by atoms with Crippen molar-refractivity contribution in [3.63, 3.8) is 0 Å². The maximum absolute atomic E-state index is 13.8. The first-order valence-corrected chi connectivity index (χ1v) is 8.36. The van der Waals surface area contributed by atoms with Crippen molar-refractivity contribution < 1.29 is 27.6 Å². The maximum Gasteiger partial charge on any atom is 0.254 e. The SMILES string of the molecule is CC(=O)Nc1ccc(F)c(NC(=O)CCCNC(=O)c2ccc(F)cc2F)c1. The van der Waals surface area contributed by atoms with Gasteiger partial charge in [0, 0.05) is 31.6 Å². The molecule has 0 bridgehead atoms. The molecule has 28 heavy (non-hydrogen) atoms. The van der Waals surface area contributed by atoms with E-state index in [1.807, 2.05) is 0 Å². The quantitative estimate of drug-likeness (QED) is 0.632. The van der Waals surface area contributed by atoms with E-state index in [-0.39, 0.29) is 36.5 Å². The molecule has 0 radical (unpaired) electrons. The first kappa shape index (κ1) is 20.9. The van der Waals surface area contributed by atoms with Crippen molar-refractivity contribution in [1.82, 2.24) is 5.32 Å². The van der Waals surface area contributed by atoms with Crippen LogP contribution in [-0.2, 0) is 9.59 Å². The van der Waals surface area contributed by atoms with Gasteiger partial charge in [0.1, 0.15) is 17.5 Å². The van der Waals surface area contributed by atoms with Crippen LogP contribution in [0.15, 0.2) is 36.4 Å². The number of hydrogen-bond donors (Lipinski definition) is 3. The Morgan fingerprint density at radius 2 is 1.68 bits per heavy atom. The van der Waals surface area contributed by atoms with Crippen LogP contribution in [0.4, 0.5) is 24.5 Å². The summed E-state index contributed by atoms with van der Waals surface area (Å²) in [7, 11) is 0. The normalized spacial score (nSPS) is 10.3. The van der Waals surface area contributed by atoms with Gasteiger partial charge < -0.3 is 16.0 Å². The number of anilines is 2. The fourth-order valence-electron chi connectivity index (χ4n) is 2.33. The minimum absolute atomic E-state index is 0.0318. The van der Waals surface area contributed by atoms with Crippen LogP contribution in [-0.4, -0.2) is 24.3 Å². The van der Waals surface area contributed by atoms with Crippen molar-refractivity contribution in [1.29, 1.82) is 0 Å². The van der Waals surface area contributed by atoms with Gasteiger partial charge in [0.05, 0.1) is 11.3 Å². The molecule has 0 unspecified atom stereocenters. The molecule has 0 saturated carbocycles.